The van der Waals surface area contributed by atoms with Gasteiger partial charge in [-0.05, 0) is 38.8 Å². The maximum atomic E-state index is 4.38. The summed E-state index contributed by atoms with van der Waals surface area (Å²) in [6.07, 6.45) is 6.91. The standard InChI is InChI=1S/C12H21N3/c1-3-7-12(8-5-9-13-12)11-6-10-14-15(11)4-2/h6,10,13H,3-5,7-9H2,1-2H3. The first kappa shape index (κ1) is 10.7. The Bertz CT molecular complexity index is 310. The third-order valence-corrected chi connectivity index (χ3v) is 3.43. The van der Waals surface area contributed by atoms with E-state index in [2.05, 4.69) is 35.0 Å². The Kier molecular flexibility index (Phi) is 3.10. The number of aryl methyl sites for hydroxylation is 1. The summed E-state index contributed by atoms with van der Waals surface area (Å²) in [6.45, 7) is 6.53. The number of rotatable bonds is 4. The first-order valence-electron chi connectivity index (χ1n) is 6.09. The number of nitrogens with one attached hydrogen (secondary N) is 1. The molecule has 0 aliphatic carbocycles. The molecule has 84 valence electrons. The van der Waals surface area contributed by atoms with E-state index in [9.17, 15) is 0 Å². The Morgan fingerprint density at radius 3 is 3.00 bits per heavy atom. The van der Waals surface area contributed by atoms with Gasteiger partial charge in [0.15, 0.2) is 0 Å². The summed E-state index contributed by atoms with van der Waals surface area (Å²) in [6, 6.07) is 2.18. The summed E-state index contributed by atoms with van der Waals surface area (Å²) < 4.78 is 2.13. The highest BCUT2D eigenvalue weighted by Crippen LogP contribution is 2.34. The smallest absolute Gasteiger partial charge is 0.0606 e. The van der Waals surface area contributed by atoms with Crippen LogP contribution in [0.4, 0.5) is 0 Å². The van der Waals surface area contributed by atoms with E-state index >= 15 is 0 Å². The van der Waals surface area contributed by atoms with E-state index in [-0.39, 0.29) is 5.54 Å². The van der Waals surface area contributed by atoms with Gasteiger partial charge in [-0.3, -0.25) is 4.68 Å². The molecule has 15 heavy (non-hydrogen) atoms. The van der Waals surface area contributed by atoms with Crippen LogP contribution in [0.5, 0.6) is 0 Å². The molecule has 1 atom stereocenters. The maximum Gasteiger partial charge on any atom is 0.0606 e. The Hall–Kier alpha value is -0.830. The molecule has 1 saturated heterocycles. The van der Waals surface area contributed by atoms with Gasteiger partial charge in [0.2, 0.25) is 0 Å². The predicted molar refractivity (Wildman–Crippen MR) is 61.7 cm³/mol. The lowest BCUT2D eigenvalue weighted by molar-refractivity contribution is 0.326. The van der Waals surface area contributed by atoms with E-state index < -0.39 is 0 Å². The molecular weight excluding hydrogens is 186 g/mol. The molecule has 1 aliphatic heterocycles. The Labute approximate surface area is 91.9 Å². The van der Waals surface area contributed by atoms with Crippen LogP contribution in [0.2, 0.25) is 0 Å². The quantitative estimate of drug-likeness (QED) is 0.821. The lowest BCUT2D eigenvalue weighted by atomic mass is 9.88. The van der Waals surface area contributed by atoms with Gasteiger partial charge in [0, 0.05) is 12.7 Å². The Balaban J connectivity index is 2.31. The fraction of sp³-hybridized carbons (Fsp3) is 0.750. The van der Waals surface area contributed by atoms with Gasteiger partial charge >= 0.3 is 0 Å². The molecule has 0 saturated carbocycles. The maximum absolute atomic E-state index is 4.38. The summed E-state index contributed by atoms with van der Waals surface area (Å²) >= 11 is 0. The van der Waals surface area contributed by atoms with Crippen LogP contribution in [-0.2, 0) is 12.1 Å². The largest absolute Gasteiger partial charge is 0.306 e. The van der Waals surface area contributed by atoms with E-state index in [0.29, 0.717) is 0 Å². The third kappa shape index (κ3) is 1.81. The fourth-order valence-corrected chi connectivity index (χ4v) is 2.78. The number of hydrogen-bond acceptors (Lipinski definition) is 2. The van der Waals surface area contributed by atoms with E-state index in [1.807, 2.05) is 6.20 Å². The fourth-order valence-electron chi connectivity index (χ4n) is 2.78. The van der Waals surface area contributed by atoms with Crippen molar-refractivity contribution in [3.05, 3.63) is 18.0 Å². The molecule has 0 spiro atoms. The van der Waals surface area contributed by atoms with Gasteiger partial charge in [-0.1, -0.05) is 13.3 Å². The zero-order valence-corrected chi connectivity index (χ0v) is 9.79. The minimum absolute atomic E-state index is 0.210. The third-order valence-electron chi connectivity index (χ3n) is 3.43. The van der Waals surface area contributed by atoms with Crippen molar-refractivity contribution in [1.82, 2.24) is 15.1 Å². The average Bonchev–Trinajstić information content (AvgIpc) is 2.85. The second-order valence-electron chi connectivity index (χ2n) is 4.39. The van der Waals surface area contributed by atoms with Crippen molar-refractivity contribution in [2.24, 2.45) is 0 Å². The molecule has 2 heterocycles. The van der Waals surface area contributed by atoms with Crippen LogP contribution in [0, 0.1) is 0 Å². The highest BCUT2D eigenvalue weighted by atomic mass is 15.3. The SMILES string of the molecule is CCCC1(c2ccnn2CC)CCCN1. The van der Waals surface area contributed by atoms with Crippen molar-refractivity contribution in [3.63, 3.8) is 0 Å². The van der Waals surface area contributed by atoms with Crippen LogP contribution in [0.15, 0.2) is 12.3 Å². The van der Waals surface area contributed by atoms with Gasteiger partial charge in [0.1, 0.15) is 0 Å². The van der Waals surface area contributed by atoms with Gasteiger partial charge in [0.05, 0.1) is 11.2 Å². The van der Waals surface area contributed by atoms with Crippen LogP contribution in [-0.4, -0.2) is 16.3 Å². The molecule has 1 aliphatic rings. The molecule has 0 radical (unpaired) electrons. The predicted octanol–water partition coefficient (Wildman–Crippen LogP) is 2.28. The van der Waals surface area contributed by atoms with Crippen molar-refractivity contribution >= 4 is 0 Å². The molecule has 0 amide bonds. The molecule has 0 bridgehead atoms. The summed E-state index contributed by atoms with van der Waals surface area (Å²) in [5, 5.41) is 8.07. The Morgan fingerprint density at radius 1 is 1.53 bits per heavy atom. The van der Waals surface area contributed by atoms with Gasteiger partial charge in [-0.25, -0.2) is 0 Å². The molecule has 1 aromatic heterocycles. The highest BCUT2D eigenvalue weighted by Gasteiger charge is 2.36. The van der Waals surface area contributed by atoms with Gasteiger partial charge < -0.3 is 5.32 Å². The Morgan fingerprint density at radius 2 is 2.40 bits per heavy atom. The van der Waals surface area contributed by atoms with Crippen molar-refractivity contribution in [3.8, 4) is 0 Å². The van der Waals surface area contributed by atoms with E-state index in [4.69, 9.17) is 0 Å². The van der Waals surface area contributed by atoms with Gasteiger partial charge in [-0.15, -0.1) is 0 Å². The van der Waals surface area contributed by atoms with Crippen LogP contribution < -0.4 is 5.32 Å². The molecular formula is C12H21N3. The lowest BCUT2D eigenvalue weighted by Crippen LogP contribution is -2.38. The lowest BCUT2D eigenvalue weighted by Gasteiger charge is -2.30. The van der Waals surface area contributed by atoms with Crippen molar-refractivity contribution in [1.29, 1.82) is 0 Å². The summed E-state index contributed by atoms with van der Waals surface area (Å²) in [5.74, 6) is 0. The molecule has 0 aromatic carbocycles. The topological polar surface area (TPSA) is 29.9 Å². The van der Waals surface area contributed by atoms with Gasteiger partial charge in [-0.2, -0.15) is 5.10 Å². The van der Waals surface area contributed by atoms with Crippen LogP contribution >= 0.6 is 0 Å². The molecule has 3 nitrogen and oxygen atoms in total. The molecule has 2 rings (SSSR count). The minimum atomic E-state index is 0.210. The van der Waals surface area contributed by atoms with Crippen LogP contribution in [0.3, 0.4) is 0 Å². The first-order valence-corrected chi connectivity index (χ1v) is 6.09. The zero-order chi connectivity index (χ0) is 10.7. The minimum Gasteiger partial charge on any atom is -0.306 e. The first-order chi connectivity index (χ1) is 7.32. The molecule has 1 N–H and O–H groups in total. The highest BCUT2D eigenvalue weighted by molar-refractivity contribution is 5.17. The van der Waals surface area contributed by atoms with Crippen molar-refractivity contribution in [2.75, 3.05) is 6.54 Å². The summed E-state index contributed by atoms with van der Waals surface area (Å²) in [7, 11) is 0. The second kappa shape index (κ2) is 4.35. The number of aromatic nitrogens is 2. The van der Waals surface area contributed by atoms with E-state index in [0.717, 1.165) is 13.1 Å². The van der Waals surface area contributed by atoms with E-state index in [1.165, 1.54) is 31.4 Å². The molecule has 1 fully saturated rings. The molecule has 1 aromatic rings. The van der Waals surface area contributed by atoms with Gasteiger partial charge in [0.25, 0.3) is 0 Å². The second-order valence-corrected chi connectivity index (χ2v) is 4.39. The summed E-state index contributed by atoms with van der Waals surface area (Å²) in [4.78, 5) is 0. The van der Waals surface area contributed by atoms with E-state index in [1.54, 1.807) is 0 Å². The average molecular weight is 207 g/mol. The summed E-state index contributed by atoms with van der Waals surface area (Å²) in [5.41, 5.74) is 1.59. The number of nitrogens with zero attached hydrogens (tertiary/aromatic N) is 2. The van der Waals surface area contributed by atoms with Crippen LogP contribution in [0.25, 0.3) is 0 Å². The van der Waals surface area contributed by atoms with Crippen molar-refractivity contribution < 1.29 is 0 Å². The number of hydrogen-bond donors (Lipinski definition) is 1. The normalized spacial score (nSPS) is 26.0. The zero-order valence-electron chi connectivity index (χ0n) is 9.79. The van der Waals surface area contributed by atoms with Crippen molar-refractivity contribution in [2.45, 2.75) is 51.6 Å². The van der Waals surface area contributed by atoms with Crippen LogP contribution in [0.1, 0.15) is 45.2 Å². The molecule has 1 unspecified atom stereocenters. The monoisotopic (exact) mass is 207 g/mol. The molecule has 3 heteroatoms.